The third-order valence-corrected chi connectivity index (χ3v) is 7.60. The van der Waals surface area contributed by atoms with E-state index in [1.807, 2.05) is 49.4 Å². The zero-order chi connectivity index (χ0) is 25.6. The number of imide groups is 1. The number of para-hydroxylation sites is 1. The fraction of sp³-hybridized carbons (Fsp3) is 0.233. The van der Waals surface area contributed by atoms with Crippen molar-refractivity contribution in [3.63, 3.8) is 0 Å². The number of fused-ring (bicyclic) bond motifs is 5. The lowest BCUT2D eigenvalue weighted by atomic mass is 9.87. The molecule has 0 saturated carbocycles. The van der Waals surface area contributed by atoms with Gasteiger partial charge in [-0.1, -0.05) is 54.6 Å². The molecule has 7 nitrogen and oxygen atoms in total. The largest absolute Gasteiger partial charge is 0.356 e. The van der Waals surface area contributed by atoms with Crippen LogP contribution in [-0.4, -0.2) is 40.8 Å². The van der Waals surface area contributed by atoms with Gasteiger partial charge in [-0.15, -0.1) is 0 Å². The molecular formula is C30H28N4O3. The van der Waals surface area contributed by atoms with Crippen molar-refractivity contribution < 1.29 is 14.4 Å². The van der Waals surface area contributed by atoms with E-state index in [4.69, 9.17) is 0 Å². The minimum absolute atomic E-state index is 0.226. The summed E-state index contributed by atoms with van der Waals surface area (Å²) in [6.07, 6.45) is 2.37. The SMILES string of the molecule is C[C@]12C(=O)N(c3cccc(C(=O)NCCCc4ccccc4)c3)C(=O)N1CCc1c2[nH]c2ccccc12. The first kappa shape index (κ1) is 23.0. The molecular weight excluding hydrogens is 464 g/mol. The molecule has 2 aliphatic heterocycles. The molecule has 1 aromatic heterocycles. The lowest BCUT2D eigenvalue weighted by Gasteiger charge is -2.35. The van der Waals surface area contributed by atoms with Gasteiger partial charge in [0, 0.05) is 29.6 Å². The van der Waals surface area contributed by atoms with Crippen LogP contribution in [0.15, 0.2) is 78.9 Å². The van der Waals surface area contributed by atoms with E-state index in [0.29, 0.717) is 30.8 Å². The summed E-state index contributed by atoms with van der Waals surface area (Å²) in [4.78, 5) is 46.5. The van der Waals surface area contributed by atoms with Crippen LogP contribution in [0.25, 0.3) is 10.9 Å². The van der Waals surface area contributed by atoms with Crippen LogP contribution in [0.5, 0.6) is 0 Å². The van der Waals surface area contributed by atoms with Crippen LogP contribution in [0.1, 0.15) is 40.5 Å². The number of anilines is 1. The van der Waals surface area contributed by atoms with Crippen LogP contribution in [-0.2, 0) is 23.2 Å². The van der Waals surface area contributed by atoms with E-state index < -0.39 is 5.54 Å². The van der Waals surface area contributed by atoms with Crippen LogP contribution in [0.4, 0.5) is 10.5 Å². The second-order valence-electron chi connectivity index (χ2n) is 9.82. The Morgan fingerprint density at radius 1 is 1.00 bits per heavy atom. The smallest absolute Gasteiger partial charge is 0.332 e. The number of carbonyl (C=O) groups is 3. The number of benzene rings is 3. The van der Waals surface area contributed by atoms with E-state index in [0.717, 1.165) is 35.0 Å². The predicted octanol–water partition coefficient (Wildman–Crippen LogP) is 4.77. The summed E-state index contributed by atoms with van der Waals surface area (Å²) in [6.45, 7) is 2.80. The molecule has 0 radical (unpaired) electrons. The molecule has 1 fully saturated rings. The number of aryl methyl sites for hydroxylation is 1. The van der Waals surface area contributed by atoms with Crippen LogP contribution in [0.2, 0.25) is 0 Å². The van der Waals surface area contributed by atoms with Gasteiger partial charge in [-0.2, -0.15) is 0 Å². The molecule has 7 heteroatoms. The van der Waals surface area contributed by atoms with E-state index in [1.54, 1.807) is 29.2 Å². The van der Waals surface area contributed by atoms with Crippen LogP contribution < -0.4 is 10.2 Å². The van der Waals surface area contributed by atoms with E-state index in [-0.39, 0.29) is 17.8 Å². The number of H-pyrrole nitrogens is 1. The average molecular weight is 493 g/mol. The number of aromatic amines is 1. The molecule has 0 spiro atoms. The molecule has 186 valence electrons. The first-order valence-electron chi connectivity index (χ1n) is 12.7. The Morgan fingerprint density at radius 3 is 2.62 bits per heavy atom. The van der Waals surface area contributed by atoms with E-state index in [2.05, 4.69) is 22.4 Å². The Labute approximate surface area is 215 Å². The molecule has 0 bridgehead atoms. The molecule has 4 amide bonds. The molecule has 6 rings (SSSR count). The molecule has 2 N–H and O–H groups in total. The van der Waals surface area contributed by atoms with Crippen molar-refractivity contribution in [2.24, 2.45) is 0 Å². The molecule has 3 aromatic carbocycles. The van der Waals surface area contributed by atoms with Gasteiger partial charge in [0.1, 0.15) is 0 Å². The topological polar surface area (TPSA) is 85.5 Å². The zero-order valence-corrected chi connectivity index (χ0v) is 20.7. The molecule has 1 saturated heterocycles. The number of hydrogen-bond acceptors (Lipinski definition) is 3. The number of aromatic nitrogens is 1. The van der Waals surface area contributed by atoms with Gasteiger partial charge in [0.2, 0.25) is 0 Å². The van der Waals surface area contributed by atoms with E-state index in [1.165, 1.54) is 10.5 Å². The zero-order valence-electron chi connectivity index (χ0n) is 20.7. The third kappa shape index (κ3) is 3.69. The monoisotopic (exact) mass is 492 g/mol. The number of amides is 4. The highest BCUT2D eigenvalue weighted by atomic mass is 16.2. The number of carbonyl (C=O) groups excluding carboxylic acids is 3. The minimum Gasteiger partial charge on any atom is -0.356 e. The predicted molar refractivity (Wildman–Crippen MR) is 142 cm³/mol. The van der Waals surface area contributed by atoms with Crippen molar-refractivity contribution in [3.05, 3.63) is 101 Å². The standard InChI is InChI=1S/C30H28N4O3/c1-30-26-24(23-14-5-6-15-25(23)32-26)16-18-33(30)29(37)34(28(30)36)22-13-7-12-21(19-22)27(35)31-17-8-11-20-9-3-2-4-10-20/h2-7,9-10,12-15,19,32H,8,11,16-18H2,1H3,(H,31,35)/t30-/m0/s1. The number of nitrogens with one attached hydrogen (secondary N) is 2. The molecule has 1 atom stereocenters. The van der Waals surface area contributed by atoms with Crippen LogP contribution in [0, 0.1) is 0 Å². The first-order valence-corrected chi connectivity index (χ1v) is 12.7. The lowest BCUT2D eigenvalue weighted by Crippen LogP contribution is -2.49. The summed E-state index contributed by atoms with van der Waals surface area (Å²) >= 11 is 0. The Kier molecular flexibility index (Phi) is 5.56. The van der Waals surface area contributed by atoms with Gasteiger partial charge in [0.05, 0.1) is 11.4 Å². The summed E-state index contributed by atoms with van der Waals surface area (Å²) in [7, 11) is 0. The number of nitrogens with zero attached hydrogens (tertiary/aromatic N) is 2. The van der Waals surface area contributed by atoms with E-state index >= 15 is 0 Å². The second-order valence-corrected chi connectivity index (χ2v) is 9.82. The summed E-state index contributed by atoms with van der Waals surface area (Å²) in [5, 5.41) is 4.04. The highest BCUT2D eigenvalue weighted by Gasteiger charge is 2.59. The van der Waals surface area contributed by atoms with Gasteiger partial charge < -0.3 is 15.2 Å². The summed E-state index contributed by atoms with van der Waals surface area (Å²) in [5.41, 5.74) is 3.74. The maximum atomic E-state index is 13.9. The Morgan fingerprint density at radius 2 is 1.78 bits per heavy atom. The lowest BCUT2D eigenvalue weighted by molar-refractivity contribution is -0.125. The molecule has 0 unspecified atom stereocenters. The van der Waals surface area contributed by atoms with E-state index in [9.17, 15) is 14.4 Å². The Balaban J connectivity index is 1.22. The normalized spacial score (nSPS) is 18.7. The fourth-order valence-corrected chi connectivity index (χ4v) is 5.65. The molecule has 2 aliphatic rings. The van der Waals surface area contributed by atoms with Gasteiger partial charge in [0.15, 0.2) is 5.54 Å². The van der Waals surface area contributed by atoms with Gasteiger partial charge in [-0.25, -0.2) is 9.69 Å². The fourth-order valence-electron chi connectivity index (χ4n) is 5.65. The number of urea groups is 1. The van der Waals surface area contributed by atoms with Gasteiger partial charge in [0.25, 0.3) is 11.8 Å². The second kappa shape index (κ2) is 8.92. The van der Waals surface area contributed by atoms with Crippen molar-refractivity contribution in [3.8, 4) is 0 Å². The van der Waals surface area contributed by atoms with Crippen LogP contribution >= 0.6 is 0 Å². The van der Waals surface area contributed by atoms with Crippen molar-refractivity contribution >= 4 is 34.4 Å². The van der Waals surface area contributed by atoms with Crippen molar-refractivity contribution in [1.29, 1.82) is 0 Å². The summed E-state index contributed by atoms with van der Waals surface area (Å²) < 4.78 is 0. The third-order valence-electron chi connectivity index (χ3n) is 7.60. The van der Waals surface area contributed by atoms with Crippen molar-refractivity contribution in [2.45, 2.75) is 31.7 Å². The van der Waals surface area contributed by atoms with Crippen LogP contribution in [0.3, 0.4) is 0 Å². The van der Waals surface area contributed by atoms with Crippen molar-refractivity contribution in [2.75, 3.05) is 18.0 Å². The first-order chi connectivity index (χ1) is 18.0. The Hall–Kier alpha value is -4.39. The highest BCUT2D eigenvalue weighted by molar-refractivity contribution is 6.24. The summed E-state index contributed by atoms with van der Waals surface area (Å²) in [5.74, 6) is -0.540. The minimum atomic E-state index is -1.13. The summed E-state index contributed by atoms with van der Waals surface area (Å²) in [6, 6.07) is 24.5. The number of hydrogen-bond donors (Lipinski definition) is 2. The highest BCUT2D eigenvalue weighted by Crippen LogP contribution is 2.45. The maximum absolute atomic E-state index is 13.9. The average Bonchev–Trinajstić information content (AvgIpc) is 3.40. The van der Waals surface area contributed by atoms with Gasteiger partial charge in [-0.05, 0) is 61.6 Å². The Bertz CT molecular complexity index is 1530. The van der Waals surface area contributed by atoms with Crippen molar-refractivity contribution in [1.82, 2.24) is 15.2 Å². The molecule has 4 aromatic rings. The molecule has 0 aliphatic carbocycles. The molecule has 3 heterocycles. The quantitative estimate of drug-likeness (QED) is 0.300. The molecule has 37 heavy (non-hydrogen) atoms. The number of rotatable bonds is 6. The van der Waals surface area contributed by atoms with Gasteiger partial charge >= 0.3 is 6.03 Å². The maximum Gasteiger partial charge on any atom is 0.332 e. The van der Waals surface area contributed by atoms with Gasteiger partial charge in [-0.3, -0.25) is 9.59 Å².